The van der Waals surface area contributed by atoms with Crippen LogP contribution in [0.2, 0.25) is 0 Å². The number of carbonyl (C=O) groups is 3. The third-order valence-electron chi connectivity index (χ3n) is 16.8. The molecule has 0 bridgehead atoms. The third-order valence-corrected chi connectivity index (χ3v) is 16.8. The maximum Gasteiger partial charge on any atom is 0.306 e. The van der Waals surface area contributed by atoms with Crippen molar-refractivity contribution in [2.24, 2.45) is 0 Å². The molecule has 468 valence electrons. The van der Waals surface area contributed by atoms with Crippen molar-refractivity contribution in [1.29, 1.82) is 0 Å². The molecule has 0 N–H and O–H groups in total. The zero-order valence-corrected chi connectivity index (χ0v) is 53.9. The van der Waals surface area contributed by atoms with Gasteiger partial charge in [-0.25, -0.2) is 0 Å². The van der Waals surface area contributed by atoms with Crippen molar-refractivity contribution in [3.05, 3.63) is 12.2 Å². The van der Waals surface area contributed by atoms with Crippen LogP contribution in [0.1, 0.15) is 419 Å². The molecule has 1 atom stereocenters. The number of hydrogen-bond acceptors (Lipinski definition) is 6. The van der Waals surface area contributed by atoms with Crippen LogP contribution < -0.4 is 0 Å². The highest BCUT2D eigenvalue weighted by Gasteiger charge is 2.19. The predicted octanol–water partition coefficient (Wildman–Crippen LogP) is 24.8. The van der Waals surface area contributed by atoms with Crippen molar-refractivity contribution in [1.82, 2.24) is 0 Å². The van der Waals surface area contributed by atoms with Crippen LogP contribution in [0.3, 0.4) is 0 Å². The molecule has 0 spiro atoms. The molecule has 0 aliphatic carbocycles. The minimum atomic E-state index is -0.769. The van der Waals surface area contributed by atoms with E-state index in [1.165, 1.54) is 315 Å². The van der Waals surface area contributed by atoms with Crippen molar-refractivity contribution in [3.8, 4) is 0 Å². The Labute approximate surface area is 494 Å². The van der Waals surface area contributed by atoms with E-state index in [0.717, 1.165) is 64.2 Å². The smallest absolute Gasteiger partial charge is 0.306 e. The van der Waals surface area contributed by atoms with Crippen molar-refractivity contribution in [3.63, 3.8) is 0 Å². The maximum atomic E-state index is 12.9. The lowest BCUT2D eigenvalue weighted by Gasteiger charge is -2.18. The van der Waals surface area contributed by atoms with Crippen LogP contribution in [0.4, 0.5) is 0 Å². The Balaban J connectivity index is 3.98. The molecule has 79 heavy (non-hydrogen) atoms. The highest BCUT2D eigenvalue weighted by atomic mass is 16.6. The van der Waals surface area contributed by atoms with Crippen LogP contribution in [0.25, 0.3) is 0 Å². The molecule has 6 nitrogen and oxygen atoms in total. The topological polar surface area (TPSA) is 78.9 Å². The van der Waals surface area contributed by atoms with Gasteiger partial charge in [0.1, 0.15) is 13.2 Å². The van der Waals surface area contributed by atoms with Gasteiger partial charge in [-0.2, -0.15) is 0 Å². The van der Waals surface area contributed by atoms with Crippen molar-refractivity contribution >= 4 is 17.9 Å². The van der Waals surface area contributed by atoms with Crippen molar-refractivity contribution < 1.29 is 28.6 Å². The van der Waals surface area contributed by atoms with E-state index in [-0.39, 0.29) is 31.1 Å². The van der Waals surface area contributed by atoms with Gasteiger partial charge < -0.3 is 14.2 Å². The average molecular weight is 1110 g/mol. The molecule has 0 saturated heterocycles. The fourth-order valence-corrected chi connectivity index (χ4v) is 11.3. The lowest BCUT2D eigenvalue weighted by Crippen LogP contribution is -2.30. The van der Waals surface area contributed by atoms with E-state index in [4.69, 9.17) is 14.2 Å². The molecular weight excluding hydrogens is 973 g/mol. The third kappa shape index (κ3) is 66.8. The fourth-order valence-electron chi connectivity index (χ4n) is 11.3. The van der Waals surface area contributed by atoms with E-state index in [2.05, 4.69) is 32.9 Å². The molecule has 0 fully saturated rings. The van der Waals surface area contributed by atoms with Gasteiger partial charge in [0.25, 0.3) is 0 Å². The second-order valence-corrected chi connectivity index (χ2v) is 24.9. The van der Waals surface area contributed by atoms with E-state index in [9.17, 15) is 14.4 Å². The molecule has 6 heteroatoms. The standard InChI is InChI=1S/C73H140O6/c1-4-7-10-13-16-19-22-25-27-28-29-30-31-32-33-34-35-36-37-38-39-40-41-42-43-44-45-46-47-49-51-54-57-60-63-66-72(75)78-69-70(68-77-71(74)65-62-59-56-53-50-24-21-18-15-12-9-6-3)79-73(76)67-64-61-58-55-52-48-26-23-20-17-14-11-8-5-2/h18,21,70H,4-17,19-20,22-69H2,1-3H3/b21-18-. The highest BCUT2D eigenvalue weighted by Crippen LogP contribution is 2.19. The maximum absolute atomic E-state index is 12.9. The lowest BCUT2D eigenvalue weighted by atomic mass is 10.0. The van der Waals surface area contributed by atoms with E-state index in [1.54, 1.807) is 0 Å². The van der Waals surface area contributed by atoms with Crippen molar-refractivity contribution in [2.45, 2.75) is 425 Å². The van der Waals surface area contributed by atoms with Crippen LogP contribution in [-0.4, -0.2) is 37.2 Å². The quantitative estimate of drug-likeness (QED) is 0.0261. The summed E-state index contributed by atoms with van der Waals surface area (Å²) in [4.78, 5) is 38.3. The Morgan fingerprint density at radius 2 is 0.418 bits per heavy atom. The summed E-state index contributed by atoms with van der Waals surface area (Å²) in [6, 6.07) is 0. The van der Waals surface area contributed by atoms with E-state index in [1.807, 2.05) is 0 Å². The molecule has 0 aromatic carbocycles. The second kappa shape index (κ2) is 68.6. The average Bonchev–Trinajstić information content (AvgIpc) is 3.45. The van der Waals surface area contributed by atoms with Gasteiger partial charge in [0.15, 0.2) is 6.10 Å². The van der Waals surface area contributed by atoms with Gasteiger partial charge in [0, 0.05) is 19.3 Å². The number of carbonyl (C=O) groups excluding carboxylic acids is 3. The summed E-state index contributed by atoms with van der Waals surface area (Å²) in [6.07, 6.45) is 82.8. The number of esters is 3. The molecule has 0 aromatic heterocycles. The SMILES string of the molecule is CCCCC/C=C\CCCCCCCC(=O)OCC(COC(=O)CCCCCCCCCCCCCCCCCCCCCCCCCCCCCCCCCCCCC)OC(=O)CCCCCCCCCCCCCCCC. The molecule has 0 aliphatic heterocycles. The lowest BCUT2D eigenvalue weighted by molar-refractivity contribution is -0.167. The Morgan fingerprint density at radius 3 is 0.658 bits per heavy atom. The van der Waals surface area contributed by atoms with Gasteiger partial charge in [-0.05, 0) is 44.9 Å². The molecule has 1 unspecified atom stereocenters. The number of hydrogen-bond donors (Lipinski definition) is 0. The molecule has 0 aliphatic rings. The Morgan fingerprint density at radius 1 is 0.241 bits per heavy atom. The second-order valence-electron chi connectivity index (χ2n) is 24.9. The van der Waals surface area contributed by atoms with E-state index >= 15 is 0 Å². The highest BCUT2D eigenvalue weighted by molar-refractivity contribution is 5.71. The monoisotopic (exact) mass is 1110 g/mol. The summed E-state index contributed by atoms with van der Waals surface area (Å²) in [5.74, 6) is -0.845. The zero-order chi connectivity index (χ0) is 57.1. The molecule has 0 rings (SSSR count). The molecular formula is C73H140O6. The largest absolute Gasteiger partial charge is 0.462 e. The summed E-state index contributed by atoms with van der Waals surface area (Å²) in [5.41, 5.74) is 0. The van der Waals surface area contributed by atoms with Gasteiger partial charge >= 0.3 is 17.9 Å². The summed E-state index contributed by atoms with van der Waals surface area (Å²) in [6.45, 7) is 6.69. The zero-order valence-electron chi connectivity index (χ0n) is 53.9. The number of unbranched alkanes of at least 4 members (excludes halogenated alkanes) is 55. The minimum Gasteiger partial charge on any atom is -0.462 e. The Hall–Kier alpha value is -1.85. The summed E-state index contributed by atoms with van der Waals surface area (Å²) < 4.78 is 16.9. The fraction of sp³-hybridized carbons (Fsp3) is 0.932. The normalized spacial score (nSPS) is 12.0. The summed E-state index contributed by atoms with van der Waals surface area (Å²) in [5, 5.41) is 0. The first-order valence-corrected chi connectivity index (χ1v) is 36.2. The van der Waals surface area contributed by atoms with Gasteiger partial charge in [0.05, 0.1) is 0 Å². The van der Waals surface area contributed by atoms with E-state index < -0.39 is 6.10 Å². The van der Waals surface area contributed by atoms with Crippen LogP contribution in [0, 0.1) is 0 Å². The summed E-state index contributed by atoms with van der Waals surface area (Å²) in [7, 11) is 0. The number of allylic oxidation sites excluding steroid dienone is 2. The van der Waals surface area contributed by atoms with E-state index in [0.29, 0.717) is 19.3 Å². The van der Waals surface area contributed by atoms with Gasteiger partial charge in [-0.3, -0.25) is 14.4 Å². The van der Waals surface area contributed by atoms with Crippen LogP contribution in [0.15, 0.2) is 12.2 Å². The van der Waals surface area contributed by atoms with Crippen LogP contribution >= 0.6 is 0 Å². The van der Waals surface area contributed by atoms with Gasteiger partial charge in [-0.1, -0.05) is 367 Å². The predicted molar refractivity (Wildman–Crippen MR) is 344 cm³/mol. The number of rotatable bonds is 68. The first-order valence-electron chi connectivity index (χ1n) is 36.2. The van der Waals surface area contributed by atoms with Crippen molar-refractivity contribution in [2.75, 3.05) is 13.2 Å². The Kier molecular flexibility index (Phi) is 67.0. The number of ether oxygens (including phenoxy) is 3. The van der Waals surface area contributed by atoms with Gasteiger partial charge in [0.2, 0.25) is 0 Å². The molecule has 0 amide bonds. The molecule has 0 heterocycles. The molecule has 0 radical (unpaired) electrons. The van der Waals surface area contributed by atoms with Crippen LogP contribution in [0.5, 0.6) is 0 Å². The van der Waals surface area contributed by atoms with Crippen LogP contribution in [-0.2, 0) is 28.6 Å². The molecule has 0 saturated carbocycles. The van der Waals surface area contributed by atoms with Gasteiger partial charge in [-0.15, -0.1) is 0 Å². The minimum absolute atomic E-state index is 0.0661. The first kappa shape index (κ1) is 77.2. The Bertz CT molecular complexity index is 1230. The molecule has 0 aromatic rings. The first-order chi connectivity index (χ1) is 39.0. The summed E-state index contributed by atoms with van der Waals surface area (Å²) >= 11 is 0.